The normalized spacial score (nSPS) is 13.8. The molecule has 0 bridgehead atoms. The maximum absolute atomic E-state index is 2.76. The van der Waals surface area contributed by atoms with E-state index >= 15 is 0 Å². The lowest BCUT2D eigenvalue weighted by Crippen LogP contribution is -2.61. The Morgan fingerprint density at radius 1 is 0.202 bits per heavy atom. The van der Waals surface area contributed by atoms with Crippen molar-refractivity contribution in [1.82, 2.24) is 9.13 Å². The molecule has 602 valence electrons. The summed E-state index contributed by atoms with van der Waals surface area (Å²) in [4.78, 5) is 5.51. The fraction of sp³-hybridized carbons (Fsp3) is 0.316. The summed E-state index contributed by atoms with van der Waals surface area (Å²) in [6, 6.07) is 102. The predicted molar refractivity (Wildman–Crippen MR) is 519 cm³/mol. The Bertz CT molecular complexity index is 6190. The van der Waals surface area contributed by atoms with Crippen molar-refractivity contribution >= 4 is 101 Å². The molecule has 13 aromatic carbocycles. The van der Waals surface area contributed by atoms with Crippen LogP contribution in [0.25, 0.3) is 99.5 Å². The first kappa shape index (κ1) is 80.5. The van der Waals surface area contributed by atoms with Crippen LogP contribution in [0.5, 0.6) is 0 Å². The van der Waals surface area contributed by atoms with Crippen LogP contribution in [0, 0.1) is 0 Å². The number of anilines is 6. The van der Waals surface area contributed by atoms with Gasteiger partial charge in [0.15, 0.2) is 0 Å². The summed E-state index contributed by atoms with van der Waals surface area (Å²) in [6.45, 7) is 63.4. The maximum atomic E-state index is 2.76. The van der Waals surface area contributed by atoms with E-state index in [1.165, 1.54) is 155 Å². The van der Waals surface area contributed by atoms with Crippen molar-refractivity contribution in [2.75, 3.05) is 9.80 Å². The molecule has 0 saturated carbocycles. The zero-order chi connectivity index (χ0) is 84.9. The second-order valence-corrected chi connectivity index (χ2v) is 44.1. The van der Waals surface area contributed by atoms with E-state index in [0.717, 1.165) is 45.3 Å². The van der Waals surface area contributed by atoms with E-state index < -0.39 is 0 Å². The Balaban J connectivity index is 1.05. The lowest BCUT2D eigenvalue weighted by atomic mass is 9.33. The number of benzene rings is 13. The van der Waals surface area contributed by atoms with Gasteiger partial charge in [-0.15, -0.1) is 0 Å². The number of aromatic nitrogens is 2. The molecule has 119 heavy (non-hydrogen) atoms. The second kappa shape index (κ2) is 27.9. The van der Waals surface area contributed by atoms with Crippen LogP contribution in [0.1, 0.15) is 237 Å². The third-order valence-electron chi connectivity index (χ3n) is 26.1. The van der Waals surface area contributed by atoms with Gasteiger partial charge < -0.3 is 18.9 Å². The SMILES string of the molecule is CC(C)(C)c1ccc(-c2ccc(-c3cc(C(C)(C)C)ccc3C(C)(C)C)cc2N2c3cc(-n4c5ccccc5c5cc(C(C)(C)C)ccc54)ccc3B3c4ccc(-n5c6ccccc6c6cc(C(C)(C)C)ccc65)cc4N(c4cc(-c5cc(C(C)(C)C)ccc5C(C)(C)C)ccc4-c4ccc(C(C)(C)C)cc4)c4cc(C(C)(C)C)cc2c43)cc1. The number of nitrogens with zero attached hydrogens (tertiary/aromatic N) is 4. The van der Waals surface area contributed by atoms with Gasteiger partial charge in [-0.3, -0.25) is 0 Å². The van der Waals surface area contributed by atoms with Crippen molar-refractivity contribution in [2.24, 2.45) is 0 Å². The molecule has 0 amide bonds. The Kier molecular flexibility index (Phi) is 18.9. The van der Waals surface area contributed by atoms with Crippen LogP contribution in [0.3, 0.4) is 0 Å². The van der Waals surface area contributed by atoms with E-state index in [2.05, 4.69) is 461 Å². The van der Waals surface area contributed by atoms with E-state index in [0.29, 0.717) is 0 Å². The van der Waals surface area contributed by atoms with Gasteiger partial charge in [0.05, 0.1) is 33.4 Å². The number of hydrogen-bond acceptors (Lipinski definition) is 2. The lowest BCUT2D eigenvalue weighted by molar-refractivity contribution is 0.578. The third kappa shape index (κ3) is 14.2. The van der Waals surface area contributed by atoms with Gasteiger partial charge in [-0.05, 0) is 234 Å². The zero-order valence-electron chi connectivity index (χ0n) is 76.1. The van der Waals surface area contributed by atoms with Crippen molar-refractivity contribution < 1.29 is 0 Å². The van der Waals surface area contributed by atoms with Gasteiger partial charge in [0.1, 0.15) is 0 Å². The topological polar surface area (TPSA) is 16.3 Å². The molecule has 0 unspecified atom stereocenters. The molecule has 0 radical (unpaired) electrons. The summed E-state index contributed by atoms with van der Waals surface area (Å²) in [5.74, 6) is 0. The number of hydrogen-bond donors (Lipinski definition) is 0. The molecule has 0 aliphatic carbocycles. The minimum absolute atomic E-state index is 0.0506. The molecule has 0 fully saturated rings. The quantitative estimate of drug-likeness (QED) is 0.141. The van der Waals surface area contributed by atoms with Crippen LogP contribution in [0.4, 0.5) is 34.1 Å². The first-order valence-corrected chi connectivity index (χ1v) is 43.7. The van der Waals surface area contributed by atoms with Crippen molar-refractivity contribution in [2.45, 2.75) is 236 Å². The second-order valence-electron chi connectivity index (χ2n) is 44.1. The zero-order valence-corrected chi connectivity index (χ0v) is 76.1. The maximum Gasteiger partial charge on any atom is 0.252 e. The smallest absolute Gasteiger partial charge is 0.252 e. The minimum Gasteiger partial charge on any atom is -0.311 e. The van der Waals surface area contributed by atoms with Crippen LogP contribution in [-0.2, 0) is 48.7 Å². The molecule has 0 N–H and O–H groups in total. The largest absolute Gasteiger partial charge is 0.311 e. The molecular weight excluding hydrogens is 1440 g/mol. The predicted octanol–water partition coefficient (Wildman–Crippen LogP) is 30.3. The van der Waals surface area contributed by atoms with E-state index in [1.807, 2.05) is 0 Å². The van der Waals surface area contributed by atoms with Crippen LogP contribution in [0.15, 0.2) is 255 Å². The molecule has 0 atom stereocenters. The van der Waals surface area contributed by atoms with Gasteiger partial charge in [-0.2, -0.15) is 0 Å². The fourth-order valence-electron chi connectivity index (χ4n) is 19.0. The van der Waals surface area contributed by atoms with Crippen molar-refractivity contribution in [1.29, 1.82) is 0 Å². The highest BCUT2D eigenvalue weighted by molar-refractivity contribution is 7.00. The third-order valence-corrected chi connectivity index (χ3v) is 26.1. The minimum atomic E-state index is -0.350. The Hall–Kier alpha value is -10.9. The number of para-hydroxylation sites is 2. The monoisotopic (exact) mass is 1560 g/mol. The van der Waals surface area contributed by atoms with Gasteiger partial charge in [0.2, 0.25) is 0 Å². The summed E-state index contributed by atoms with van der Waals surface area (Å²) in [7, 11) is 0. The van der Waals surface area contributed by atoms with Crippen LogP contribution in [0.2, 0.25) is 0 Å². The van der Waals surface area contributed by atoms with Crippen LogP contribution < -0.4 is 26.2 Å². The average Bonchev–Trinajstić information content (AvgIpc) is 0.739. The van der Waals surface area contributed by atoms with Gasteiger partial charge in [0.25, 0.3) is 6.71 Å². The highest BCUT2D eigenvalue weighted by Gasteiger charge is 2.46. The van der Waals surface area contributed by atoms with Gasteiger partial charge in [-0.25, -0.2) is 0 Å². The standard InChI is InChI=1S/C114H123BN4/c1-106(2,3)74-42-36-70(37-43-74)83-52-40-72(87-62-76(108(7,8)9)46-54-91(87)113(22,23)24)60-99(83)118-101-68-81(116-95-34-30-28-32-85(95)89-64-78(110(13,14)15)48-58-97(89)116)50-56-93(101)115-94-57-51-82(117-96-35-31-29-33-86(96)90-65-79(111(16,17)18)49-59-98(90)117)69-102(94)119(104-67-80(112(19,20)21)66-103(118)105(104)115)100-61-73(41-53-84(100)71-38-44-75(45-39-71)107(4,5)6)88-63-77(109(10,11)12)47-55-92(88)114(25,26)27/h28-69H,1-27H3. The van der Waals surface area contributed by atoms with Gasteiger partial charge in [0, 0.05) is 66.8 Å². The molecule has 0 spiro atoms. The van der Waals surface area contributed by atoms with Crippen LogP contribution >= 0.6 is 0 Å². The molecule has 2 aliphatic heterocycles. The molecule has 2 aliphatic rings. The Morgan fingerprint density at radius 3 is 0.857 bits per heavy atom. The van der Waals surface area contributed by atoms with E-state index in [4.69, 9.17) is 0 Å². The summed E-state index contributed by atoms with van der Waals surface area (Å²) < 4.78 is 5.12. The lowest BCUT2D eigenvalue weighted by Gasteiger charge is -2.46. The average molecular weight is 1560 g/mol. The number of rotatable bonds is 8. The van der Waals surface area contributed by atoms with Crippen molar-refractivity contribution in [3.8, 4) is 55.9 Å². The molecule has 4 nitrogen and oxygen atoms in total. The van der Waals surface area contributed by atoms with Crippen molar-refractivity contribution in [3.63, 3.8) is 0 Å². The molecule has 0 saturated heterocycles. The molecule has 15 aromatic rings. The summed E-state index contributed by atoms with van der Waals surface area (Å²) in [5, 5.41) is 5.00. The molecule has 17 rings (SSSR count). The Labute approximate surface area is 711 Å². The van der Waals surface area contributed by atoms with Crippen LogP contribution in [-0.4, -0.2) is 15.8 Å². The first-order valence-electron chi connectivity index (χ1n) is 43.7. The van der Waals surface area contributed by atoms with Crippen molar-refractivity contribution in [3.05, 3.63) is 305 Å². The fourth-order valence-corrected chi connectivity index (χ4v) is 19.0. The van der Waals surface area contributed by atoms with E-state index in [1.54, 1.807) is 0 Å². The molecular formula is C114H123BN4. The summed E-state index contributed by atoms with van der Waals surface area (Å²) >= 11 is 0. The first-order chi connectivity index (χ1) is 55.7. The molecule has 2 aromatic heterocycles. The number of fused-ring (bicyclic) bond motifs is 10. The van der Waals surface area contributed by atoms with E-state index in [-0.39, 0.29) is 55.4 Å². The van der Waals surface area contributed by atoms with Gasteiger partial charge in [-0.1, -0.05) is 357 Å². The van der Waals surface area contributed by atoms with Gasteiger partial charge >= 0.3 is 0 Å². The summed E-state index contributed by atoms with van der Waals surface area (Å²) in [5.41, 5.74) is 37.8. The highest BCUT2D eigenvalue weighted by atomic mass is 15.2. The molecule has 5 heteroatoms. The molecule has 4 heterocycles. The highest BCUT2D eigenvalue weighted by Crippen LogP contribution is 2.54. The summed E-state index contributed by atoms with van der Waals surface area (Å²) in [6.07, 6.45) is 0. The Morgan fingerprint density at radius 2 is 0.513 bits per heavy atom. The van der Waals surface area contributed by atoms with E-state index in [9.17, 15) is 0 Å².